The number of nitrogens with zero attached hydrogens (tertiary/aromatic N) is 1. The highest BCUT2D eigenvalue weighted by atomic mass is 16.5. The highest BCUT2D eigenvalue weighted by Gasteiger charge is 2.13. The molecule has 0 atom stereocenters. The van der Waals surface area contributed by atoms with Crippen molar-refractivity contribution >= 4 is 5.78 Å². The van der Waals surface area contributed by atoms with Crippen LogP contribution in [-0.2, 0) is 0 Å². The van der Waals surface area contributed by atoms with Crippen molar-refractivity contribution < 1.29 is 9.53 Å². The first-order chi connectivity index (χ1) is 8.54. The van der Waals surface area contributed by atoms with Crippen LogP contribution in [0.3, 0.4) is 0 Å². The molecule has 1 aromatic carbocycles. The average Bonchev–Trinajstić information content (AvgIpc) is 2.36. The lowest BCUT2D eigenvalue weighted by atomic mass is 10.1. The number of rotatable bonds is 7. The standard InChI is InChI=1S/C15H23NO2/c1-12(2)9-10-16(3)11-14(17)13-7-5-6-8-15(13)18-4/h5-8,12H,9-11H2,1-4H3. The van der Waals surface area contributed by atoms with Gasteiger partial charge < -0.3 is 4.74 Å². The van der Waals surface area contributed by atoms with Gasteiger partial charge in [-0.1, -0.05) is 26.0 Å². The van der Waals surface area contributed by atoms with Gasteiger partial charge in [-0.25, -0.2) is 0 Å². The summed E-state index contributed by atoms with van der Waals surface area (Å²) in [5, 5.41) is 0. The largest absolute Gasteiger partial charge is 0.496 e. The van der Waals surface area contributed by atoms with E-state index in [0.717, 1.165) is 13.0 Å². The number of likely N-dealkylation sites (N-methyl/N-ethyl adjacent to an activating group) is 1. The maximum atomic E-state index is 12.2. The van der Waals surface area contributed by atoms with Gasteiger partial charge in [0.05, 0.1) is 19.2 Å². The molecule has 0 aromatic heterocycles. The Kier molecular flexibility index (Phi) is 5.86. The molecule has 0 aliphatic carbocycles. The number of hydrogen-bond donors (Lipinski definition) is 0. The molecular formula is C15H23NO2. The number of para-hydroxylation sites is 1. The van der Waals surface area contributed by atoms with Crippen molar-refractivity contribution in [3.05, 3.63) is 29.8 Å². The zero-order valence-corrected chi connectivity index (χ0v) is 11.8. The molecule has 100 valence electrons. The van der Waals surface area contributed by atoms with E-state index in [4.69, 9.17) is 4.74 Å². The third-order valence-corrected chi connectivity index (χ3v) is 2.91. The van der Waals surface area contributed by atoms with E-state index < -0.39 is 0 Å². The number of ketones is 1. The monoisotopic (exact) mass is 249 g/mol. The Morgan fingerprint density at radius 1 is 1.33 bits per heavy atom. The van der Waals surface area contributed by atoms with Gasteiger partial charge in [0.1, 0.15) is 5.75 Å². The zero-order chi connectivity index (χ0) is 13.5. The van der Waals surface area contributed by atoms with Gasteiger partial charge in [0.2, 0.25) is 0 Å². The SMILES string of the molecule is COc1ccccc1C(=O)CN(C)CCC(C)C. The molecule has 1 aromatic rings. The van der Waals surface area contributed by atoms with E-state index in [1.54, 1.807) is 7.11 Å². The molecule has 0 saturated heterocycles. The third kappa shape index (κ3) is 4.49. The molecule has 0 bridgehead atoms. The van der Waals surface area contributed by atoms with E-state index in [9.17, 15) is 4.79 Å². The lowest BCUT2D eigenvalue weighted by Gasteiger charge is -2.17. The quantitative estimate of drug-likeness (QED) is 0.696. The molecule has 0 aliphatic rings. The lowest BCUT2D eigenvalue weighted by molar-refractivity contribution is 0.0941. The normalized spacial score (nSPS) is 11.0. The molecule has 3 nitrogen and oxygen atoms in total. The number of hydrogen-bond acceptors (Lipinski definition) is 3. The van der Waals surface area contributed by atoms with Gasteiger partial charge >= 0.3 is 0 Å². The molecule has 0 aliphatic heterocycles. The molecule has 0 unspecified atom stereocenters. The maximum absolute atomic E-state index is 12.2. The Balaban J connectivity index is 2.59. The molecule has 0 heterocycles. The van der Waals surface area contributed by atoms with Crippen LogP contribution in [-0.4, -0.2) is 37.9 Å². The van der Waals surface area contributed by atoms with E-state index >= 15 is 0 Å². The molecule has 18 heavy (non-hydrogen) atoms. The predicted molar refractivity (Wildman–Crippen MR) is 74.3 cm³/mol. The maximum Gasteiger partial charge on any atom is 0.180 e. The van der Waals surface area contributed by atoms with Crippen LogP contribution in [0.25, 0.3) is 0 Å². The fourth-order valence-corrected chi connectivity index (χ4v) is 1.76. The molecule has 0 fully saturated rings. The van der Waals surface area contributed by atoms with Crippen LogP contribution >= 0.6 is 0 Å². The number of carbonyl (C=O) groups excluding carboxylic acids is 1. The second-order valence-electron chi connectivity index (χ2n) is 5.04. The van der Waals surface area contributed by atoms with Crippen molar-refractivity contribution in [2.75, 3.05) is 27.2 Å². The summed E-state index contributed by atoms with van der Waals surface area (Å²) in [5.74, 6) is 1.42. The fraction of sp³-hybridized carbons (Fsp3) is 0.533. The first kappa shape index (κ1) is 14.7. The third-order valence-electron chi connectivity index (χ3n) is 2.91. The minimum Gasteiger partial charge on any atom is -0.496 e. The summed E-state index contributed by atoms with van der Waals surface area (Å²) in [7, 11) is 3.57. The molecule has 0 N–H and O–H groups in total. The van der Waals surface area contributed by atoms with Gasteiger partial charge in [0.15, 0.2) is 5.78 Å². The number of benzene rings is 1. The Morgan fingerprint density at radius 3 is 2.61 bits per heavy atom. The Morgan fingerprint density at radius 2 is 2.00 bits per heavy atom. The molecular weight excluding hydrogens is 226 g/mol. The Labute approximate surface area is 110 Å². The van der Waals surface area contributed by atoms with Crippen molar-refractivity contribution in [2.45, 2.75) is 20.3 Å². The van der Waals surface area contributed by atoms with Crippen molar-refractivity contribution in [1.29, 1.82) is 0 Å². The predicted octanol–water partition coefficient (Wildman–Crippen LogP) is 2.86. The summed E-state index contributed by atoms with van der Waals surface area (Å²) in [4.78, 5) is 14.2. The molecule has 0 saturated carbocycles. The van der Waals surface area contributed by atoms with Crippen molar-refractivity contribution in [3.8, 4) is 5.75 Å². The summed E-state index contributed by atoms with van der Waals surface area (Å²) in [5.41, 5.74) is 0.663. The number of Topliss-reactive ketones (excluding diaryl/α,β-unsaturated/α-hetero) is 1. The molecule has 1 rings (SSSR count). The molecule has 3 heteroatoms. The topological polar surface area (TPSA) is 29.5 Å². The summed E-state index contributed by atoms with van der Waals surface area (Å²) in [6.07, 6.45) is 1.11. The summed E-state index contributed by atoms with van der Waals surface area (Å²) in [6.45, 7) is 5.76. The summed E-state index contributed by atoms with van der Waals surface area (Å²) < 4.78 is 5.21. The van der Waals surface area contributed by atoms with Crippen molar-refractivity contribution in [1.82, 2.24) is 4.90 Å². The first-order valence-electron chi connectivity index (χ1n) is 6.39. The molecule has 0 radical (unpaired) electrons. The minimum absolute atomic E-state index is 0.110. The van der Waals surface area contributed by atoms with Gasteiger partial charge in [0.25, 0.3) is 0 Å². The van der Waals surface area contributed by atoms with E-state index in [1.807, 2.05) is 31.3 Å². The van der Waals surface area contributed by atoms with Crippen LogP contribution in [0, 0.1) is 5.92 Å². The van der Waals surface area contributed by atoms with Crippen LogP contribution < -0.4 is 4.74 Å². The van der Waals surface area contributed by atoms with Gasteiger partial charge in [-0.15, -0.1) is 0 Å². The second kappa shape index (κ2) is 7.17. The summed E-state index contributed by atoms with van der Waals surface area (Å²) in [6, 6.07) is 7.38. The van der Waals surface area contributed by atoms with E-state index in [1.165, 1.54) is 0 Å². The minimum atomic E-state index is 0.110. The van der Waals surface area contributed by atoms with E-state index in [2.05, 4.69) is 18.7 Å². The van der Waals surface area contributed by atoms with E-state index in [0.29, 0.717) is 23.8 Å². The molecule has 0 spiro atoms. The Bertz CT molecular complexity index is 388. The van der Waals surface area contributed by atoms with Gasteiger partial charge in [-0.05, 0) is 38.1 Å². The first-order valence-corrected chi connectivity index (χ1v) is 6.39. The van der Waals surface area contributed by atoms with Crippen LogP contribution in [0.5, 0.6) is 5.75 Å². The van der Waals surface area contributed by atoms with Gasteiger partial charge in [-0.3, -0.25) is 9.69 Å². The van der Waals surface area contributed by atoms with Crippen LogP contribution in [0.1, 0.15) is 30.6 Å². The van der Waals surface area contributed by atoms with Gasteiger partial charge in [-0.2, -0.15) is 0 Å². The smallest absolute Gasteiger partial charge is 0.180 e. The van der Waals surface area contributed by atoms with Crippen LogP contribution in [0.2, 0.25) is 0 Å². The van der Waals surface area contributed by atoms with Crippen molar-refractivity contribution in [3.63, 3.8) is 0 Å². The fourth-order valence-electron chi connectivity index (χ4n) is 1.76. The van der Waals surface area contributed by atoms with Crippen LogP contribution in [0.15, 0.2) is 24.3 Å². The van der Waals surface area contributed by atoms with Crippen LogP contribution in [0.4, 0.5) is 0 Å². The summed E-state index contributed by atoms with van der Waals surface area (Å²) >= 11 is 0. The highest BCUT2D eigenvalue weighted by Crippen LogP contribution is 2.18. The Hall–Kier alpha value is -1.35. The number of ether oxygens (including phenoxy) is 1. The average molecular weight is 249 g/mol. The van der Waals surface area contributed by atoms with E-state index in [-0.39, 0.29) is 5.78 Å². The number of methoxy groups -OCH3 is 1. The zero-order valence-electron chi connectivity index (χ0n) is 11.8. The van der Waals surface area contributed by atoms with Gasteiger partial charge in [0, 0.05) is 0 Å². The van der Waals surface area contributed by atoms with Crippen molar-refractivity contribution in [2.24, 2.45) is 5.92 Å². The molecule has 0 amide bonds. The lowest BCUT2D eigenvalue weighted by Crippen LogP contribution is -2.27. The second-order valence-corrected chi connectivity index (χ2v) is 5.04. The number of carbonyl (C=O) groups is 1. The highest BCUT2D eigenvalue weighted by molar-refractivity contribution is 6.00.